The molecule has 0 amide bonds. The van der Waals surface area contributed by atoms with Gasteiger partial charge in [0.15, 0.2) is 11.6 Å². The van der Waals surface area contributed by atoms with Crippen LogP contribution in [0.25, 0.3) is 22.3 Å². The molecule has 0 aliphatic carbocycles. The zero-order valence-electron chi connectivity index (χ0n) is 21.9. The molecule has 0 heterocycles. The van der Waals surface area contributed by atoms with Crippen molar-refractivity contribution in [2.45, 2.75) is 52.6 Å². The highest BCUT2D eigenvalue weighted by Crippen LogP contribution is 2.32. The molecule has 0 aromatic heterocycles. The topological polar surface area (TPSA) is 18.5 Å². The second-order valence-electron chi connectivity index (χ2n) is 9.48. The summed E-state index contributed by atoms with van der Waals surface area (Å²) in [5.41, 5.74) is 2.98. The fourth-order valence-corrected chi connectivity index (χ4v) is 4.25. The summed E-state index contributed by atoms with van der Waals surface area (Å²) in [6.07, 6.45) is 5.68. The van der Waals surface area contributed by atoms with Gasteiger partial charge in [-0.25, -0.2) is 13.2 Å². The Kier molecular flexibility index (Phi) is 9.47. The molecule has 0 unspecified atom stereocenters. The maximum Gasteiger partial charge on any atom is 0.167 e. The van der Waals surface area contributed by atoms with Gasteiger partial charge in [0.05, 0.1) is 6.61 Å². The van der Waals surface area contributed by atoms with Crippen molar-refractivity contribution < 1.29 is 22.6 Å². The van der Waals surface area contributed by atoms with E-state index in [1.807, 2.05) is 19.1 Å². The number of rotatable bonds is 12. The Labute approximate surface area is 223 Å². The van der Waals surface area contributed by atoms with E-state index in [0.29, 0.717) is 34.8 Å². The van der Waals surface area contributed by atoms with Crippen LogP contribution >= 0.6 is 0 Å². The molecular weight excluding hydrogens is 485 g/mol. The van der Waals surface area contributed by atoms with E-state index in [9.17, 15) is 13.2 Å². The van der Waals surface area contributed by atoms with E-state index in [1.54, 1.807) is 60.7 Å². The van der Waals surface area contributed by atoms with E-state index >= 15 is 0 Å². The number of hydrogen-bond acceptors (Lipinski definition) is 2. The van der Waals surface area contributed by atoms with Gasteiger partial charge < -0.3 is 9.47 Å². The maximum atomic E-state index is 14.9. The second-order valence-corrected chi connectivity index (χ2v) is 9.48. The lowest BCUT2D eigenvalue weighted by molar-refractivity contribution is 0.293. The van der Waals surface area contributed by atoms with Crippen LogP contribution in [0, 0.1) is 24.4 Å². The monoisotopic (exact) mass is 518 g/mol. The van der Waals surface area contributed by atoms with Gasteiger partial charge in [0.2, 0.25) is 0 Å². The van der Waals surface area contributed by atoms with Gasteiger partial charge in [0, 0.05) is 22.8 Å². The van der Waals surface area contributed by atoms with Gasteiger partial charge >= 0.3 is 0 Å². The van der Waals surface area contributed by atoms with Crippen molar-refractivity contribution in [1.29, 1.82) is 0 Å². The summed E-state index contributed by atoms with van der Waals surface area (Å²) in [7, 11) is 0. The summed E-state index contributed by atoms with van der Waals surface area (Å²) in [6, 6.07) is 21.9. The minimum Gasteiger partial charge on any atom is -0.493 e. The van der Waals surface area contributed by atoms with Crippen molar-refractivity contribution in [2.24, 2.45) is 0 Å². The fourth-order valence-electron chi connectivity index (χ4n) is 4.25. The first-order valence-electron chi connectivity index (χ1n) is 13.2. The van der Waals surface area contributed by atoms with E-state index in [1.165, 1.54) is 25.3 Å². The van der Waals surface area contributed by atoms with Crippen molar-refractivity contribution in [3.8, 4) is 33.8 Å². The molecule has 4 rings (SSSR count). The van der Waals surface area contributed by atoms with Gasteiger partial charge in [-0.1, -0.05) is 86.7 Å². The largest absolute Gasteiger partial charge is 0.493 e. The highest BCUT2D eigenvalue weighted by Gasteiger charge is 2.16. The summed E-state index contributed by atoms with van der Waals surface area (Å²) < 4.78 is 55.7. The number of benzene rings is 4. The van der Waals surface area contributed by atoms with Crippen LogP contribution in [0.15, 0.2) is 78.9 Å². The molecule has 38 heavy (non-hydrogen) atoms. The highest BCUT2D eigenvalue weighted by molar-refractivity contribution is 5.72. The van der Waals surface area contributed by atoms with Crippen LogP contribution in [-0.2, 0) is 6.61 Å². The number of halogens is 3. The molecular formula is C33H33F3O2. The van der Waals surface area contributed by atoms with Crippen LogP contribution in [0.3, 0.4) is 0 Å². The molecule has 0 spiro atoms. The molecule has 5 heteroatoms. The quantitative estimate of drug-likeness (QED) is 0.174. The zero-order valence-corrected chi connectivity index (χ0v) is 21.9. The van der Waals surface area contributed by atoms with E-state index in [-0.39, 0.29) is 17.7 Å². The van der Waals surface area contributed by atoms with Crippen LogP contribution in [-0.4, -0.2) is 6.61 Å². The van der Waals surface area contributed by atoms with E-state index < -0.39 is 17.5 Å². The van der Waals surface area contributed by atoms with Gasteiger partial charge in [-0.2, -0.15) is 0 Å². The molecule has 0 saturated carbocycles. The summed E-state index contributed by atoms with van der Waals surface area (Å²) in [6.45, 7) is 4.73. The molecule has 0 saturated heterocycles. The summed E-state index contributed by atoms with van der Waals surface area (Å²) in [5.74, 6) is -1.17. The molecule has 0 fully saturated rings. The van der Waals surface area contributed by atoms with E-state index in [2.05, 4.69) is 6.92 Å². The highest BCUT2D eigenvalue weighted by atomic mass is 19.2. The van der Waals surface area contributed by atoms with Gasteiger partial charge in [-0.05, 0) is 48.7 Å². The SMILES string of the molecule is CCCCCCCOc1ccc(COc2ccc(-c3ccc(-c4ccc(C)cc4)c(F)c3F)cc2)c(F)c1. The Morgan fingerprint density at radius 1 is 0.605 bits per heavy atom. The fraction of sp³-hybridized carbons (Fsp3) is 0.273. The Balaban J connectivity index is 1.35. The number of ether oxygens (including phenoxy) is 2. The smallest absolute Gasteiger partial charge is 0.167 e. The lowest BCUT2D eigenvalue weighted by Gasteiger charge is -2.12. The molecule has 0 atom stereocenters. The summed E-state index contributed by atoms with van der Waals surface area (Å²) in [4.78, 5) is 0. The third-order valence-electron chi connectivity index (χ3n) is 6.55. The standard InChI is InChI=1S/C33H33F3O2/c1-3-4-5-6-7-20-37-28-17-14-26(31(34)21-28)22-38-27-15-12-25(13-16-27)30-19-18-29(32(35)33(30)36)24-10-8-23(2)9-11-24/h8-19,21H,3-7,20,22H2,1-2H3. The van der Waals surface area contributed by atoms with Crippen molar-refractivity contribution in [3.63, 3.8) is 0 Å². The van der Waals surface area contributed by atoms with E-state index in [4.69, 9.17) is 9.47 Å². The molecule has 4 aromatic rings. The molecule has 0 radical (unpaired) electrons. The number of unbranched alkanes of at least 4 members (excludes halogenated alkanes) is 4. The summed E-state index contributed by atoms with van der Waals surface area (Å²) in [5, 5.41) is 0. The maximum absolute atomic E-state index is 14.9. The third kappa shape index (κ3) is 6.97. The van der Waals surface area contributed by atoms with Crippen LogP contribution in [0.5, 0.6) is 11.5 Å². The van der Waals surface area contributed by atoms with Crippen LogP contribution < -0.4 is 9.47 Å². The normalized spacial score (nSPS) is 11.0. The van der Waals surface area contributed by atoms with Crippen LogP contribution in [0.2, 0.25) is 0 Å². The third-order valence-corrected chi connectivity index (χ3v) is 6.55. The van der Waals surface area contributed by atoms with Crippen LogP contribution in [0.4, 0.5) is 13.2 Å². The first-order chi connectivity index (χ1) is 18.5. The molecule has 2 nitrogen and oxygen atoms in total. The second kappa shape index (κ2) is 13.2. The molecule has 0 bridgehead atoms. The lowest BCUT2D eigenvalue weighted by Crippen LogP contribution is -2.01. The molecule has 0 aliphatic heterocycles. The minimum atomic E-state index is -0.901. The van der Waals surface area contributed by atoms with Crippen molar-refractivity contribution in [1.82, 2.24) is 0 Å². The van der Waals surface area contributed by atoms with Crippen molar-refractivity contribution in [2.75, 3.05) is 6.61 Å². The van der Waals surface area contributed by atoms with Crippen LogP contribution in [0.1, 0.15) is 50.2 Å². The number of hydrogen-bond donors (Lipinski definition) is 0. The van der Waals surface area contributed by atoms with Gasteiger partial charge in [0.25, 0.3) is 0 Å². The molecule has 0 N–H and O–H groups in total. The Morgan fingerprint density at radius 3 is 1.79 bits per heavy atom. The molecule has 0 aliphatic rings. The predicted molar refractivity (Wildman–Crippen MR) is 147 cm³/mol. The first-order valence-corrected chi connectivity index (χ1v) is 13.2. The Hall–Kier alpha value is -3.73. The molecule has 198 valence electrons. The van der Waals surface area contributed by atoms with Gasteiger partial charge in [-0.15, -0.1) is 0 Å². The van der Waals surface area contributed by atoms with Crippen molar-refractivity contribution in [3.05, 3.63) is 107 Å². The lowest BCUT2D eigenvalue weighted by atomic mass is 9.98. The summed E-state index contributed by atoms with van der Waals surface area (Å²) >= 11 is 0. The Bertz CT molecular complexity index is 1330. The Morgan fingerprint density at radius 2 is 1.18 bits per heavy atom. The van der Waals surface area contributed by atoms with Crippen molar-refractivity contribution >= 4 is 0 Å². The minimum absolute atomic E-state index is 0.0384. The number of aryl methyl sites for hydroxylation is 1. The molecule has 4 aromatic carbocycles. The average Bonchev–Trinajstić information content (AvgIpc) is 2.93. The zero-order chi connectivity index (χ0) is 26.9. The average molecular weight is 519 g/mol. The predicted octanol–water partition coefficient (Wildman–Crippen LogP) is 9.67. The van der Waals surface area contributed by atoms with Gasteiger partial charge in [0.1, 0.15) is 23.9 Å². The van der Waals surface area contributed by atoms with E-state index in [0.717, 1.165) is 18.4 Å². The first kappa shape index (κ1) is 27.3. The van der Waals surface area contributed by atoms with Gasteiger partial charge in [-0.3, -0.25) is 0 Å².